The van der Waals surface area contributed by atoms with Gasteiger partial charge in [0.15, 0.2) is 24.7 Å². The number of hydrogen-bond acceptors (Lipinski definition) is 18. The summed E-state index contributed by atoms with van der Waals surface area (Å²) in [6.45, 7) is 16.1. The van der Waals surface area contributed by atoms with Gasteiger partial charge in [-0.15, -0.1) is 0 Å². The van der Waals surface area contributed by atoms with Crippen molar-refractivity contribution >= 4 is 0 Å². The van der Waals surface area contributed by atoms with Crippen molar-refractivity contribution in [2.24, 2.45) is 45.3 Å². The Hall–Kier alpha value is -0.980. The fraction of sp³-hybridized carbons (Fsp3) is 0.958. The van der Waals surface area contributed by atoms with E-state index < -0.39 is 128 Å². The molecule has 378 valence electrons. The third-order valence-electron chi connectivity index (χ3n) is 19.3. The van der Waals surface area contributed by atoms with E-state index >= 15 is 0 Å². The lowest BCUT2D eigenvalue weighted by Crippen LogP contribution is -2.68. The maximum atomic E-state index is 12.3. The number of aliphatic hydroxyl groups excluding tert-OH is 9. The first-order chi connectivity index (χ1) is 30.9. The number of allylic oxidation sites excluding steroid dienone is 1. The first-order valence-corrected chi connectivity index (χ1v) is 24.5. The molecule has 9 aliphatic rings. The maximum absolute atomic E-state index is 12.3. The predicted octanol–water partition coefficient (Wildman–Crippen LogP) is 0.355. The summed E-state index contributed by atoms with van der Waals surface area (Å²) >= 11 is 0. The first-order valence-electron chi connectivity index (χ1n) is 24.5. The zero-order valence-electron chi connectivity index (χ0n) is 39.7. The molecule has 66 heavy (non-hydrogen) atoms. The highest BCUT2D eigenvalue weighted by molar-refractivity contribution is 5.28. The van der Waals surface area contributed by atoms with Gasteiger partial charge < -0.3 is 89.0 Å². The van der Waals surface area contributed by atoms with Gasteiger partial charge >= 0.3 is 0 Å². The van der Waals surface area contributed by atoms with Crippen LogP contribution in [0.4, 0.5) is 0 Å². The molecule has 2 spiro atoms. The van der Waals surface area contributed by atoms with Crippen molar-refractivity contribution < 1.29 is 89.0 Å². The van der Waals surface area contributed by atoms with Gasteiger partial charge in [0, 0.05) is 17.8 Å². The van der Waals surface area contributed by atoms with E-state index in [4.69, 9.17) is 37.9 Å². The van der Waals surface area contributed by atoms with Crippen molar-refractivity contribution in [1.82, 2.24) is 0 Å². The third-order valence-corrected chi connectivity index (χ3v) is 19.3. The van der Waals surface area contributed by atoms with Crippen LogP contribution in [0.15, 0.2) is 11.6 Å². The van der Waals surface area contributed by atoms with E-state index in [-0.39, 0.29) is 40.1 Å². The SMILES string of the molecule is CC(C)=CC[C@@H]1O[C@@]23C[C@@]4(CO2)[C@H](CC[C@H]2[C@@]5(C)CC[C@H](O[C@H]6O[C@@H](CO)[C@H](O)[C@@H](O[C@H]7O[C@@H](CO)[C@H](O)[C@@H](O)[C@@H]7O[C@H]7O[C@@H](C)[C@H](O)[C@@H](O)[C@@H]7O)[C@@H]6O)C(C)(C)[C@H]5CC[C@@]24C)[C@@H]3[C@@]1(C)O. The Morgan fingerprint density at radius 2 is 1.32 bits per heavy atom. The van der Waals surface area contributed by atoms with Crippen LogP contribution in [-0.2, 0) is 37.9 Å². The van der Waals surface area contributed by atoms with Gasteiger partial charge in [0.1, 0.15) is 67.1 Å². The molecule has 5 saturated heterocycles. The van der Waals surface area contributed by atoms with E-state index in [0.29, 0.717) is 25.4 Å². The molecule has 2 bridgehead atoms. The molecule has 0 unspecified atom stereocenters. The Balaban J connectivity index is 0.921. The van der Waals surface area contributed by atoms with Crippen molar-refractivity contribution in [3.8, 4) is 0 Å². The van der Waals surface area contributed by atoms with Gasteiger partial charge in [-0.3, -0.25) is 0 Å². The van der Waals surface area contributed by atoms with Gasteiger partial charge in [-0.1, -0.05) is 39.3 Å². The van der Waals surface area contributed by atoms with E-state index in [2.05, 4.69) is 47.6 Å². The van der Waals surface area contributed by atoms with Gasteiger partial charge in [-0.2, -0.15) is 0 Å². The largest absolute Gasteiger partial charge is 0.394 e. The summed E-state index contributed by atoms with van der Waals surface area (Å²) < 4.78 is 50.0. The Morgan fingerprint density at radius 3 is 2.00 bits per heavy atom. The zero-order chi connectivity index (χ0) is 47.8. The second-order valence-corrected chi connectivity index (χ2v) is 23.3. The van der Waals surface area contributed by atoms with Crippen LogP contribution in [0, 0.1) is 45.3 Å². The second-order valence-electron chi connectivity index (χ2n) is 23.3. The fourth-order valence-electron chi connectivity index (χ4n) is 15.9. The number of hydrogen-bond donors (Lipinski definition) is 10. The van der Waals surface area contributed by atoms with E-state index in [0.717, 1.165) is 38.5 Å². The molecule has 10 N–H and O–H groups in total. The normalized spacial score (nSPS) is 57.4. The molecule has 9 rings (SSSR count). The molecule has 5 aliphatic heterocycles. The van der Waals surface area contributed by atoms with E-state index in [1.807, 2.05) is 6.92 Å². The molecule has 0 aromatic rings. The van der Waals surface area contributed by atoms with Crippen molar-refractivity contribution in [2.45, 2.75) is 222 Å². The van der Waals surface area contributed by atoms with Crippen LogP contribution in [0.2, 0.25) is 0 Å². The van der Waals surface area contributed by atoms with Crippen LogP contribution < -0.4 is 0 Å². The lowest BCUT2D eigenvalue weighted by molar-refractivity contribution is -0.391. The van der Waals surface area contributed by atoms with E-state index in [1.165, 1.54) is 12.5 Å². The minimum absolute atomic E-state index is 0.0622. The van der Waals surface area contributed by atoms with Crippen molar-refractivity contribution in [3.63, 3.8) is 0 Å². The van der Waals surface area contributed by atoms with Gasteiger partial charge in [0.2, 0.25) is 0 Å². The third kappa shape index (κ3) is 7.32. The van der Waals surface area contributed by atoms with Gasteiger partial charge in [-0.05, 0) is 107 Å². The van der Waals surface area contributed by atoms with Crippen molar-refractivity contribution in [1.29, 1.82) is 0 Å². The number of ether oxygens (including phenoxy) is 8. The summed E-state index contributed by atoms with van der Waals surface area (Å²) in [6.07, 6.45) is -15.4. The standard InChI is InChI=1S/C48H78O18/c1-21(2)9-12-29-46(8,58)39-23-10-11-27-44(6)15-14-28(43(4,5)26(44)13-16-45(27,7)47(23)19-48(39,66-29)59-20-47)63-41-36(57)37(32(53)25(18-50)61-41)64-42-38(34(55)31(52)24(17-49)62-42)65-40-35(56)33(54)30(51)22(3)60-40/h9,22-42,49-58H,10-20H2,1-8H3/t22-,23+,24-,25-,26+,27-,28-,29-,30-,31-,32-,33+,34+,35-,36-,37+,38-,39+,40+,41+,42+,44-,45-,46-,47+,48+/m0/s1. The highest BCUT2D eigenvalue weighted by Gasteiger charge is 2.82. The molecule has 0 amide bonds. The van der Waals surface area contributed by atoms with Crippen molar-refractivity contribution in [2.75, 3.05) is 19.8 Å². The molecule has 0 radical (unpaired) electrons. The topological polar surface area (TPSA) is 276 Å². The summed E-state index contributed by atoms with van der Waals surface area (Å²) in [5, 5.41) is 110. The van der Waals surface area contributed by atoms with Crippen LogP contribution in [0.25, 0.3) is 0 Å². The monoisotopic (exact) mass is 943 g/mol. The molecule has 18 nitrogen and oxygen atoms in total. The average molecular weight is 943 g/mol. The van der Waals surface area contributed by atoms with Crippen LogP contribution in [0.3, 0.4) is 0 Å². The van der Waals surface area contributed by atoms with E-state index in [1.54, 1.807) is 0 Å². The Labute approximate surface area is 387 Å². The van der Waals surface area contributed by atoms with Gasteiger partial charge in [-0.25, -0.2) is 0 Å². The minimum Gasteiger partial charge on any atom is -0.394 e. The second kappa shape index (κ2) is 17.4. The molecule has 4 saturated carbocycles. The summed E-state index contributed by atoms with van der Waals surface area (Å²) in [7, 11) is 0. The van der Waals surface area contributed by atoms with Crippen LogP contribution in [0.1, 0.15) is 107 Å². The fourth-order valence-corrected chi connectivity index (χ4v) is 15.9. The quantitative estimate of drug-likeness (QED) is 0.105. The number of aliphatic hydroxyl groups is 10. The van der Waals surface area contributed by atoms with Crippen LogP contribution in [-0.4, -0.2) is 187 Å². The molecule has 5 heterocycles. The maximum Gasteiger partial charge on any atom is 0.187 e. The Bertz CT molecular complexity index is 1800. The summed E-state index contributed by atoms with van der Waals surface area (Å²) in [6, 6.07) is 0. The average Bonchev–Trinajstić information content (AvgIpc) is 3.87. The molecule has 0 aromatic carbocycles. The van der Waals surface area contributed by atoms with E-state index in [9.17, 15) is 51.1 Å². The smallest absolute Gasteiger partial charge is 0.187 e. The molecule has 0 aromatic heterocycles. The van der Waals surface area contributed by atoms with Crippen molar-refractivity contribution in [3.05, 3.63) is 11.6 Å². The number of rotatable bonds is 10. The summed E-state index contributed by atoms with van der Waals surface area (Å²) in [5.74, 6) is -0.0237. The molecular weight excluding hydrogens is 865 g/mol. The molecular formula is C48H78O18. The highest BCUT2D eigenvalue weighted by Crippen LogP contribution is 2.81. The van der Waals surface area contributed by atoms with Gasteiger partial charge in [0.25, 0.3) is 0 Å². The molecule has 4 aliphatic carbocycles. The van der Waals surface area contributed by atoms with Gasteiger partial charge in [0.05, 0.1) is 43.7 Å². The summed E-state index contributed by atoms with van der Waals surface area (Å²) in [5.41, 5.74) is -0.532. The number of fused-ring (bicyclic) bond motifs is 4. The predicted molar refractivity (Wildman–Crippen MR) is 229 cm³/mol. The molecule has 18 heteroatoms. The Morgan fingerprint density at radius 1 is 0.667 bits per heavy atom. The lowest BCUT2D eigenvalue weighted by Gasteiger charge is -2.70. The summed E-state index contributed by atoms with van der Waals surface area (Å²) in [4.78, 5) is 0. The molecule has 9 fully saturated rings. The minimum atomic E-state index is -1.83. The first kappa shape index (κ1) is 50.0. The van der Waals surface area contributed by atoms with Crippen LogP contribution in [0.5, 0.6) is 0 Å². The highest BCUT2D eigenvalue weighted by atomic mass is 16.8. The lowest BCUT2D eigenvalue weighted by atomic mass is 9.35. The van der Waals surface area contributed by atoms with Crippen LogP contribution >= 0.6 is 0 Å². The Kier molecular flexibility index (Phi) is 13.1. The molecule has 26 atom stereocenters. The zero-order valence-corrected chi connectivity index (χ0v) is 39.7.